The molecule has 1 N–H and O–H groups in total. The molecule has 24 heavy (non-hydrogen) atoms. The van der Waals surface area contributed by atoms with Crippen LogP contribution in [0.25, 0.3) is 0 Å². The lowest BCUT2D eigenvalue weighted by Gasteiger charge is -2.53. The van der Waals surface area contributed by atoms with Crippen LogP contribution in [0.4, 0.5) is 0 Å². The Labute approximate surface area is 142 Å². The molecule has 2 aliphatic rings. The smallest absolute Gasteiger partial charge is 0.287 e. The third-order valence-electron chi connectivity index (χ3n) is 5.50. The van der Waals surface area contributed by atoms with Crippen molar-refractivity contribution < 1.29 is 23.4 Å². The Balaban J connectivity index is 1.65. The molecule has 1 aromatic heterocycles. The minimum Gasteiger partial charge on any atom is -0.451 e. The van der Waals surface area contributed by atoms with Gasteiger partial charge >= 0.3 is 0 Å². The van der Waals surface area contributed by atoms with Crippen molar-refractivity contribution in [3.05, 3.63) is 23.7 Å². The monoisotopic (exact) mass is 337 g/mol. The first kappa shape index (κ1) is 17.5. The van der Waals surface area contributed by atoms with Crippen molar-refractivity contribution in [1.29, 1.82) is 0 Å². The lowest BCUT2D eigenvalue weighted by Crippen LogP contribution is -2.63. The number of nitrogens with one attached hydrogen (secondary N) is 1. The maximum atomic E-state index is 12.5. The molecule has 6 nitrogen and oxygen atoms in total. The summed E-state index contributed by atoms with van der Waals surface area (Å²) >= 11 is 0. The molecule has 0 aliphatic heterocycles. The summed E-state index contributed by atoms with van der Waals surface area (Å²) in [7, 11) is 3.06. The van der Waals surface area contributed by atoms with E-state index < -0.39 is 6.29 Å². The molecule has 0 radical (unpaired) electrons. The predicted octanol–water partition coefficient (Wildman–Crippen LogP) is 3.04. The fraction of sp³-hybridized carbons (Fsp3) is 0.722. The van der Waals surface area contributed by atoms with Crippen LogP contribution < -0.4 is 5.32 Å². The fourth-order valence-corrected chi connectivity index (χ4v) is 4.25. The normalized spacial score (nSPS) is 25.2. The number of carbonyl (C=O) groups is 1. The molecular weight excluding hydrogens is 310 g/mol. The van der Waals surface area contributed by atoms with Crippen LogP contribution in [0.2, 0.25) is 0 Å². The highest BCUT2D eigenvalue weighted by Gasteiger charge is 2.57. The summed E-state index contributed by atoms with van der Waals surface area (Å²) < 4.78 is 21.8. The number of ether oxygens (including phenoxy) is 3. The molecule has 1 spiro atoms. The van der Waals surface area contributed by atoms with Gasteiger partial charge in [0.25, 0.3) is 5.91 Å². The lowest BCUT2D eigenvalue weighted by atomic mass is 9.60. The Bertz CT molecular complexity index is 560. The van der Waals surface area contributed by atoms with Crippen molar-refractivity contribution in [1.82, 2.24) is 5.32 Å². The van der Waals surface area contributed by atoms with Gasteiger partial charge in [-0.25, -0.2) is 0 Å². The number of hydrogen-bond acceptors (Lipinski definition) is 5. The van der Waals surface area contributed by atoms with Crippen LogP contribution in [-0.2, 0) is 14.2 Å². The maximum Gasteiger partial charge on any atom is 0.287 e. The first-order valence-corrected chi connectivity index (χ1v) is 8.72. The second kappa shape index (κ2) is 7.25. The summed E-state index contributed by atoms with van der Waals surface area (Å²) in [6, 6.07) is 3.54. The zero-order chi connectivity index (χ0) is 17.2. The average molecular weight is 337 g/mol. The topological polar surface area (TPSA) is 69.9 Å². The number of rotatable bonds is 7. The highest BCUT2D eigenvalue weighted by molar-refractivity contribution is 5.91. The van der Waals surface area contributed by atoms with E-state index in [9.17, 15) is 4.79 Å². The maximum absolute atomic E-state index is 12.5. The van der Waals surface area contributed by atoms with Crippen LogP contribution in [-0.4, -0.2) is 38.9 Å². The Morgan fingerprint density at radius 2 is 2.04 bits per heavy atom. The van der Waals surface area contributed by atoms with Gasteiger partial charge in [0.15, 0.2) is 11.5 Å². The van der Waals surface area contributed by atoms with Gasteiger partial charge in [-0.05, 0) is 38.3 Å². The highest BCUT2D eigenvalue weighted by atomic mass is 16.7. The zero-order valence-electron chi connectivity index (χ0n) is 14.7. The summed E-state index contributed by atoms with van der Waals surface area (Å²) in [4.78, 5) is 12.5. The third kappa shape index (κ3) is 2.98. The quantitative estimate of drug-likeness (QED) is 0.775. The number of carbonyl (C=O) groups excluding carboxylic acids is 1. The number of furan rings is 1. The van der Waals surface area contributed by atoms with E-state index in [0.717, 1.165) is 25.9 Å². The van der Waals surface area contributed by atoms with Gasteiger partial charge in [-0.15, -0.1) is 0 Å². The zero-order valence-corrected chi connectivity index (χ0v) is 14.7. The second-order valence-corrected chi connectivity index (χ2v) is 6.65. The van der Waals surface area contributed by atoms with Gasteiger partial charge in [-0.3, -0.25) is 4.79 Å². The van der Waals surface area contributed by atoms with Crippen LogP contribution in [0.3, 0.4) is 0 Å². The van der Waals surface area contributed by atoms with Gasteiger partial charge in [0.2, 0.25) is 6.29 Å². The Hall–Kier alpha value is -1.37. The SMILES string of the molecule is CCO[C@@H]1C[C@@H](NC(=O)c2ccc(C(OC)OC)o2)C12CCCC2. The molecule has 6 heteroatoms. The van der Waals surface area contributed by atoms with Gasteiger partial charge in [0, 0.05) is 32.3 Å². The van der Waals surface area contributed by atoms with E-state index in [0.29, 0.717) is 5.76 Å². The number of hydrogen-bond donors (Lipinski definition) is 1. The van der Waals surface area contributed by atoms with Crippen molar-refractivity contribution in [3.8, 4) is 0 Å². The molecule has 1 aromatic rings. The Morgan fingerprint density at radius 3 is 2.67 bits per heavy atom. The molecule has 3 rings (SSSR count). The van der Waals surface area contributed by atoms with Crippen molar-refractivity contribution in [2.75, 3.05) is 20.8 Å². The highest BCUT2D eigenvalue weighted by Crippen LogP contribution is 2.54. The molecule has 0 bridgehead atoms. The molecule has 1 amide bonds. The first-order chi connectivity index (χ1) is 11.6. The van der Waals surface area contributed by atoms with Crippen molar-refractivity contribution in [2.45, 2.75) is 57.5 Å². The van der Waals surface area contributed by atoms with Gasteiger partial charge in [0.05, 0.1) is 6.10 Å². The van der Waals surface area contributed by atoms with Crippen molar-refractivity contribution >= 4 is 5.91 Å². The molecule has 2 atom stereocenters. The molecule has 2 aliphatic carbocycles. The molecule has 2 saturated carbocycles. The summed E-state index contributed by atoms with van der Waals surface area (Å²) in [5, 5.41) is 3.15. The van der Waals surface area contributed by atoms with Crippen molar-refractivity contribution in [2.24, 2.45) is 5.41 Å². The van der Waals surface area contributed by atoms with Gasteiger partial charge < -0.3 is 23.9 Å². The summed E-state index contributed by atoms with van der Waals surface area (Å²) in [6.07, 6.45) is 5.23. The number of methoxy groups -OCH3 is 2. The van der Waals surface area contributed by atoms with Gasteiger partial charge in [0.1, 0.15) is 0 Å². The van der Waals surface area contributed by atoms with Crippen LogP contribution in [0, 0.1) is 5.41 Å². The lowest BCUT2D eigenvalue weighted by molar-refractivity contribution is -0.127. The van der Waals surface area contributed by atoms with Gasteiger partial charge in [-0.2, -0.15) is 0 Å². The van der Waals surface area contributed by atoms with Crippen LogP contribution in [0.15, 0.2) is 16.5 Å². The average Bonchev–Trinajstić information content (AvgIpc) is 3.26. The summed E-state index contributed by atoms with van der Waals surface area (Å²) in [6.45, 7) is 2.75. The molecule has 0 saturated heterocycles. The van der Waals surface area contributed by atoms with Crippen LogP contribution in [0.1, 0.15) is 61.6 Å². The van der Waals surface area contributed by atoms with Gasteiger partial charge in [-0.1, -0.05) is 12.8 Å². The molecule has 0 aromatic carbocycles. The van der Waals surface area contributed by atoms with E-state index in [-0.39, 0.29) is 29.2 Å². The van der Waals surface area contributed by atoms with E-state index in [1.165, 1.54) is 27.1 Å². The molecule has 134 valence electrons. The fourth-order valence-electron chi connectivity index (χ4n) is 4.25. The second-order valence-electron chi connectivity index (χ2n) is 6.65. The van der Waals surface area contributed by atoms with E-state index in [1.54, 1.807) is 12.1 Å². The largest absolute Gasteiger partial charge is 0.451 e. The van der Waals surface area contributed by atoms with E-state index in [1.807, 2.05) is 6.92 Å². The number of amides is 1. The third-order valence-corrected chi connectivity index (χ3v) is 5.50. The molecule has 1 heterocycles. The predicted molar refractivity (Wildman–Crippen MR) is 87.7 cm³/mol. The Kier molecular flexibility index (Phi) is 5.27. The molecular formula is C18H27NO5. The minimum absolute atomic E-state index is 0.114. The van der Waals surface area contributed by atoms with Crippen LogP contribution >= 0.6 is 0 Å². The van der Waals surface area contributed by atoms with Crippen LogP contribution in [0.5, 0.6) is 0 Å². The van der Waals surface area contributed by atoms with Crippen molar-refractivity contribution in [3.63, 3.8) is 0 Å². The summed E-state index contributed by atoms with van der Waals surface area (Å²) in [5.41, 5.74) is 0.114. The minimum atomic E-state index is -0.598. The van der Waals surface area contributed by atoms with E-state index >= 15 is 0 Å². The molecule has 0 unspecified atom stereocenters. The molecule has 2 fully saturated rings. The summed E-state index contributed by atoms with van der Waals surface area (Å²) in [5.74, 6) is 0.595. The first-order valence-electron chi connectivity index (χ1n) is 8.72. The Morgan fingerprint density at radius 1 is 1.33 bits per heavy atom. The standard InChI is InChI=1S/C18H27NO5/c1-4-23-15-11-14(18(15)9-5-6-10-18)19-16(20)12-7-8-13(24-12)17(21-2)22-3/h7-8,14-15,17H,4-6,9-11H2,1-3H3,(H,19,20)/t14-,15-/m1/s1. The van der Waals surface area contributed by atoms with E-state index in [2.05, 4.69) is 5.32 Å². The van der Waals surface area contributed by atoms with E-state index in [4.69, 9.17) is 18.6 Å².